The third-order valence-electron chi connectivity index (χ3n) is 4.12. The molecule has 0 fully saturated rings. The van der Waals surface area contributed by atoms with Crippen LogP contribution in [-0.2, 0) is 14.3 Å². The maximum atomic E-state index is 13.3. The van der Waals surface area contributed by atoms with Crippen LogP contribution < -0.4 is 10.6 Å². The lowest BCUT2D eigenvalue weighted by molar-refractivity contribution is -0.142. The van der Waals surface area contributed by atoms with Crippen molar-refractivity contribution in [3.05, 3.63) is 29.8 Å². The molecule has 0 spiro atoms. The van der Waals surface area contributed by atoms with Gasteiger partial charge >= 0.3 is 6.09 Å². The number of aromatic hydroxyl groups is 1. The molecule has 8 heteroatoms. The van der Waals surface area contributed by atoms with Gasteiger partial charge in [-0.05, 0) is 72.6 Å². The maximum absolute atomic E-state index is 13.3. The third kappa shape index (κ3) is 8.86. The summed E-state index contributed by atoms with van der Waals surface area (Å²) in [4.78, 5) is 40.1. The second-order valence-electron chi connectivity index (χ2n) is 9.63. The zero-order valence-electron chi connectivity index (χ0n) is 19.9. The number of rotatable bonds is 7. The van der Waals surface area contributed by atoms with Crippen LogP contribution in [0.3, 0.4) is 0 Å². The van der Waals surface area contributed by atoms with Crippen molar-refractivity contribution in [2.45, 2.75) is 85.0 Å². The van der Waals surface area contributed by atoms with Gasteiger partial charge in [0.05, 0.1) is 0 Å². The summed E-state index contributed by atoms with van der Waals surface area (Å²) in [5.74, 6) is -0.689. The van der Waals surface area contributed by atoms with Gasteiger partial charge in [-0.3, -0.25) is 9.59 Å². The van der Waals surface area contributed by atoms with Gasteiger partial charge in [0.15, 0.2) is 0 Å². The highest BCUT2D eigenvalue weighted by Crippen LogP contribution is 2.25. The molecule has 1 aromatic carbocycles. The molecule has 31 heavy (non-hydrogen) atoms. The molecular formula is C23H37N3O5. The molecule has 0 saturated heterocycles. The van der Waals surface area contributed by atoms with Crippen molar-refractivity contribution in [3.63, 3.8) is 0 Å². The average molecular weight is 436 g/mol. The smallest absolute Gasteiger partial charge is 0.408 e. The molecule has 0 aliphatic heterocycles. The van der Waals surface area contributed by atoms with Crippen molar-refractivity contribution in [1.82, 2.24) is 15.5 Å². The molecule has 1 rings (SSSR count). The summed E-state index contributed by atoms with van der Waals surface area (Å²) in [5, 5.41) is 15.1. The third-order valence-corrected chi connectivity index (χ3v) is 4.12. The fourth-order valence-corrected chi connectivity index (χ4v) is 2.97. The Labute approximate surface area is 185 Å². The highest BCUT2D eigenvalue weighted by Gasteiger charge is 2.35. The number of carbonyl (C=O) groups is 3. The predicted molar refractivity (Wildman–Crippen MR) is 120 cm³/mol. The number of nitrogens with one attached hydrogen (secondary N) is 2. The summed E-state index contributed by atoms with van der Waals surface area (Å²) in [6, 6.07) is 4.36. The van der Waals surface area contributed by atoms with Crippen molar-refractivity contribution >= 4 is 17.9 Å². The minimum Gasteiger partial charge on any atom is -0.508 e. The van der Waals surface area contributed by atoms with Gasteiger partial charge in [-0.2, -0.15) is 0 Å². The van der Waals surface area contributed by atoms with Crippen LogP contribution in [0, 0.1) is 0 Å². The summed E-state index contributed by atoms with van der Waals surface area (Å²) in [7, 11) is 0. The first kappa shape index (κ1) is 26.3. The number of nitrogens with zero attached hydrogens (tertiary/aromatic N) is 1. The van der Waals surface area contributed by atoms with Crippen molar-refractivity contribution < 1.29 is 24.2 Å². The molecule has 0 radical (unpaired) electrons. The molecule has 0 aromatic heterocycles. The Balaban J connectivity index is 3.25. The monoisotopic (exact) mass is 435 g/mol. The summed E-state index contributed by atoms with van der Waals surface area (Å²) in [6.45, 7) is 14.6. The number of hydrogen-bond donors (Lipinski definition) is 3. The van der Waals surface area contributed by atoms with Crippen LogP contribution in [0.4, 0.5) is 4.79 Å². The van der Waals surface area contributed by atoms with Crippen molar-refractivity contribution in [3.8, 4) is 5.75 Å². The fourth-order valence-electron chi connectivity index (χ4n) is 2.97. The zero-order valence-corrected chi connectivity index (χ0v) is 19.9. The Hall–Kier alpha value is -2.77. The molecule has 0 saturated carbocycles. The predicted octanol–water partition coefficient (Wildman–Crippen LogP) is 3.50. The lowest BCUT2D eigenvalue weighted by atomic mass is 10.0. The minimum absolute atomic E-state index is 0.0621. The quantitative estimate of drug-likeness (QED) is 0.607. The molecule has 0 heterocycles. The standard InChI is InChI=1S/C23H37N3O5/c1-9-14-26(20(29)15(2)24-21(30)31-23(6,7)8)18(19(28)25-22(3,4)5)16-10-12-17(27)13-11-16/h10-13,15,18,27H,9,14H2,1-8H3,(H,24,30)(H,25,28). The highest BCUT2D eigenvalue weighted by molar-refractivity contribution is 5.92. The van der Waals surface area contributed by atoms with E-state index in [1.165, 1.54) is 17.0 Å². The molecular weight excluding hydrogens is 398 g/mol. The first-order valence-corrected chi connectivity index (χ1v) is 10.6. The van der Waals surface area contributed by atoms with Gasteiger partial charge in [0, 0.05) is 12.1 Å². The van der Waals surface area contributed by atoms with Gasteiger partial charge in [0.1, 0.15) is 23.4 Å². The first-order chi connectivity index (χ1) is 14.1. The summed E-state index contributed by atoms with van der Waals surface area (Å²) in [5.41, 5.74) is -0.643. The molecule has 2 unspecified atom stereocenters. The first-order valence-electron chi connectivity index (χ1n) is 10.6. The van der Waals surface area contributed by atoms with Crippen molar-refractivity contribution in [2.24, 2.45) is 0 Å². The molecule has 0 aliphatic carbocycles. The normalized spacial score (nSPS) is 13.7. The molecule has 3 N–H and O–H groups in total. The Morgan fingerprint density at radius 3 is 2.06 bits per heavy atom. The highest BCUT2D eigenvalue weighted by atomic mass is 16.6. The Bertz CT molecular complexity index is 763. The summed E-state index contributed by atoms with van der Waals surface area (Å²) < 4.78 is 5.24. The van der Waals surface area contributed by atoms with Crippen LogP contribution >= 0.6 is 0 Å². The Morgan fingerprint density at radius 2 is 1.61 bits per heavy atom. The van der Waals surface area contributed by atoms with Crippen LogP contribution in [0.2, 0.25) is 0 Å². The van der Waals surface area contributed by atoms with Crippen LogP contribution in [0.5, 0.6) is 5.75 Å². The second-order valence-corrected chi connectivity index (χ2v) is 9.63. The van der Waals surface area contributed by atoms with E-state index in [-0.39, 0.29) is 11.7 Å². The molecule has 174 valence electrons. The number of benzene rings is 1. The van der Waals surface area contributed by atoms with Crippen molar-refractivity contribution in [2.75, 3.05) is 6.54 Å². The topological polar surface area (TPSA) is 108 Å². The maximum Gasteiger partial charge on any atom is 0.408 e. The lowest BCUT2D eigenvalue weighted by Gasteiger charge is -2.35. The number of ether oxygens (including phenoxy) is 1. The number of alkyl carbamates (subject to hydrolysis) is 1. The van der Waals surface area contributed by atoms with Crippen LogP contribution in [0.15, 0.2) is 24.3 Å². The van der Waals surface area contributed by atoms with Gasteiger partial charge in [0.25, 0.3) is 0 Å². The molecule has 3 amide bonds. The van der Waals surface area contributed by atoms with E-state index in [0.717, 1.165) is 0 Å². The molecule has 2 atom stereocenters. The van der Waals surface area contributed by atoms with E-state index in [0.29, 0.717) is 18.5 Å². The van der Waals surface area contributed by atoms with E-state index in [2.05, 4.69) is 10.6 Å². The SMILES string of the molecule is CCCN(C(=O)C(C)NC(=O)OC(C)(C)C)C(C(=O)NC(C)(C)C)c1ccc(O)cc1. The summed E-state index contributed by atoms with van der Waals surface area (Å²) >= 11 is 0. The van der Waals surface area contributed by atoms with E-state index in [9.17, 15) is 19.5 Å². The van der Waals surface area contributed by atoms with Gasteiger partial charge in [-0.15, -0.1) is 0 Å². The van der Waals surface area contributed by atoms with Gasteiger partial charge in [0.2, 0.25) is 11.8 Å². The number of carbonyl (C=O) groups excluding carboxylic acids is 3. The molecule has 0 aliphatic rings. The molecule has 1 aromatic rings. The van der Waals surface area contributed by atoms with Gasteiger partial charge in [-0.1, -0.05) is 19.1 Å². The number of amides is 3. The van der Waals surface area contributed by atoms with Crippen LogP contribution in [0.25, 0.3) is 0 Å². The largest absolute Gasteiger partial charge is 0.508 e. The van der Waals surface area contributed by atoms with E-state index in [4.69, 9.17) is 4.74 Å². The fraction of sp³-hybridized carbons (Fsp3) is 0.609. The average Bonchev–Trinajstić information content (AvgIpc) is 2.59. The zero-order chi connectivity index (χ0) is 24.0. The van der Waals surface area contributed by atoms with Crippen molar-refractivity contribution in [1.29, 1.82) is 0 Å². The number of hydrogen-bond acceptors (Lipinski definition) is 5. The van der Waals surface area contributed by atoms with E-state index in [1.54, 1.807) is 39.8 Å². The summed E-state index contributed by atoms with van der Waals surface area (Å²) in [6.07, 6.45) is -0.0902. The van der Waals surface area contributed by atoms with Crippen LogP contribution in [-0.4, -0.2) is 51.6 Å². The van der Waals surface area contributed by atoms with E-state index < -0.39 is 35.2 Å². The van der Waals surface area contributed by atoms with Gasteiger partial charge in [-0.25, -0.2) is 4.79 Å². The number of phenolic OH excluding ortho intramolecular Hbond substituents is 1. The second kappa shape index (κ2) is 10.5. The minimum atomic E-state index is -0.921. The Morgan fingerprint density at radius 1 is 1.06 bits per heavy atom. The van der Waals surface area contributed by atoms with Gasteiger partial charge < -0.3 is 25.4 Å². The van der Waals surface area contributed by atoms with E-state index >= 15 is 0 Å². The molecule has 0 bridgehead atoms. The lowest BCUT2D eigenvalue weighted by Crippen LogP contribution is -2.54. The van der Waals surface area contributed by atoms with Crippen LogP contribution in [0.1, 0.15) is 73.4 Å². The number of phenols is 1. The van der Waals surface area contributed by atoms with E-state index in [1.807, 2.05) is 27.7 Å². The Kier molecular flexibility index (Phi) is 8.90. The molecule has 8 nitrogen and oxygen atoms in total.